The molecule has 2 rings (SSSR count). The second-order valence-electron chi connectivity index (χ2n) is 5.09. The number of nitrogens with zero attached hydrogens (tertiary/aromatic N) is 1. The predicted molar refractivity (Wildman–Crippen MR) is 76.2 cm³/mol. The molecular weight excluding hydrogens is 234 g/mol. The van der Waals surface area contributed by atoms with E-state index in [-0.39, 0.29) is 0 Å². The molecule has 0 N–H and O–H groups in total. The highest BCUT2D eigenvalue weighted by Gasteiger charge is 2.45. The topological polar surface area (TPSA) is 0 Å². The van der Waals surface area contributed by atoms with Gasteiger partial charge in [0.05, 0.1) is 7.05 Å². The van der Waals surface area contributed by atoms with Crippen LogP contribution in [0.2, 0.25) is 0 Å². The van der Waals surface area contributed by atoms with Crippen LogP contribution in [0.5, 0.6) is 0 Å². The van der Waals surface area contributed by atoms with Crippen LogP contribution in [0.1, 0.15) is 52.4 Å². The number of allylic oxidation sites excluding steroid dienone is 1. The molecule has 1 unspecified atom stereocenters. The smallest absolute Gasteiger partial charge is 0.138 e. The molecule has 1 atom stereocenters. The lowest BCUT2D eigenvalue weighted by Gasteiger charge is -2.38. The van der Waals surface area contributed by atoms with E-state index in [1.165, 1.54) is 37.7 Å². The molecule has 1 saturated carbocycles. The van der Waals surface area contributed by atoms with E-state index >= 15 is 0 Å². The zero-order valence-electron chi connectivity index (χ0n) is 10.6. The molecule has 0 aromatic rings. The minimum absolute atomic E-state index is 0.795. The van der Waals surface area contributed by atoms with Gasteiger partial charge in [0, 0.05) is 24.8 Å². The van der Waals surface area contributed by atoms with Gasteiger partial charge < -0.3 is 0 Å². The van der Waals surface area contributed by atoms with Gasteiger partial charge in [-0.1, -0.05) is 25.6 Å². The second kappa shape index (κ2) is 4.79. The molecule has 0 aromatic carbocycles. The highest BCUT2D eigenvalue weighted by molar-refractivity contribution is 8.20. The predicted octanol–water partition coefficient (Wildman–Crippen LogP) is 4.44. The van der Waals surface area contributed by atoms with E-state index in [9.17, 15) is 0 Å². The van der Waals surface area contributed by atoms with E-state index in [1.807, 2.05) is 11.9 Å². The molecule has 16 heavy (non-hydrogen) atoms. The summed E-state index contributed by atoms with van der Waals surface area (Å²) < 4.78 is 2.19. The van der Waals surface area contributed by atoms with Gasteiger partial charge in [-0.05, 0) is 19.8 Å². The summed E-state index contributed by atoms with van der Waals surface area (Å²) in [5.74, 6) is 0. The fraction of sp³-hybridized carbons (Fsp3) is 0.769. The van der Waals surface area contributed by atoms with Gasteiger partial charge in [-0.3, -0.25) is 0 Å². The summed E-state index contributed by atoms with van der Waals surface area (Å²) >= 11 is 7.40. The molecule has 1 fully saturated rings. The summed E-state index contributed by atoms with van der Waals surface area (Å²) in [6.45, 7) is 4.48. The monoisotopic (exact) mass is 256 g/mol. The van der Waals surface area contributed by atoms with Crippen molar-refractivity contribution >= 4 is 28.4 Å². The Morgan fingerprint density at radius 1 is 1.31 bits per heavy atom. The van der Waals surface area contributed by atoms with E-state index in [0.29, 0.717) is 0 Å². The molecule has 3 heteroatoms. The van der Waals surface area contributed by atoms with Crippen molar-refractivity contribution in [1.29, 1.82) is 0 Å². The van der Waals surface area contributed by atoms with E-state index in [0.717, 1.165) is 20.5 Å². The molecule has 1 aliphatic carbocycles. The van der Waals surface area contributed by atoms with Crippen LogP contribution in [0, 0.1) is 0 Å². The number of thiocarbonyl (C=S) groups is 1. The summed E-state index contributed by atoms with van der Waals surface area (Å²) in [5, 5.41) is 0. The molecule has 1 heterocycles. The van der Waals surface area contributed by atoms with Gasteiger partial charge in [0.1, 0.15) is 27.9 Å². The normalized spacial score (nSPS) is 32.6. The van der Waals surface area contributed by atoms with Crippen LogP contribution in [-0.2, 0) is 0 Å². The van der Waals surface area contributed by atoms with Crippen LogP contribution < -0.4 is 0 Å². The first kappa shape index (κ1) is 12.6. The molecule has 0 saturated heterocycles. The van der Waals surface area contributed by atoms with Crippen molar-refractivity contribution in [2.45, 2.75) is 58.4 Å². The number of quaternary nitrogens is 1. The number of rotatable bonds is 2. The Bertz CT molecular complexity index is 329. The van der Waals surface area contributed by atoms with E-state index in [1.54, 1.807) is 5.70 Å². The van der Waals surface area contributed by atoms with Crippen LogP contribution >= 0.6 is 24.2 Å². The summed E-state index contributed by atoms with van der Waals surface area (Å²) in [6.07, 6.45) is 8.14. The third kappa shape index (κ3) is 1.98. The average molecular weight is 256 g/mol. The van der Waals surface area contributed by atoms with Crippen LogP contribution in [0.3, 0.4) is 0 Å². The largest absolute Gasteiger partial charge is 0.228 e. The lowest BCUT2D eigenvalue weighted by atomic mass is 9.93. The first-order valence-corrected chi connectivity index (χ1v) is 7.58. The maximum Gasteiger partial charge on any atom is 0.138 e. The van der Waals surface area contributed by atoms with E-state index < -0.39 is 0 Å². The highest BCUT2D eigenvalue weighted by Crippen LogP contribution is 2.47. The highest BCUT2D eigenvalue weighted by atomic mass is 32.2. The van der Waals surface area contributed by atoms with Crippen LogP contribution in [0.25, 0.3) is 0 Å². The van der Waals surface area contributed by atoms with Gasteiger partial charge in [-0.25, -0.2) is 3.89 Å². The lowest BCUT2D eigenvalue weighted by Crippen LogP contribution is -2.44. The molecule has 1 nitrogen and oxygen atoms in total. The quantitative estimate of drug-likeness (QED) is 0.407. The Morgan fingerprint density at radius 2 is 1.94 bits per heavy atom. The van der Waals surface area contributed by atoms with Gasteiger partial charge >= 0.3 is 0 Å². The van der Waals surface area contributed by atoms with Gasteiger partial charge in [-0.15, -0.1) is 0 Å². The average Bonchev–Trinajstić information content (AvgIpc) is 2.52. The molecule has 2 aliphatic rings. The zero-order valence-corrected chi connectivity index (χ0v) is 12.2. The Balaban J connectivity index is 2.27. The van der Waals surface area contributed by atoms with Gasteiger partial charge in [0.25, 0.3) is 0 Å². The maximum atomic E-state index is 5.49. The fourth-order valence-electron chi connectivity index (χ4n) is 3.19. The molecular formula is C13H22NS2+. The fourth-order valence-corrected chi connectivity index (χ4v) is 5.11. The third-order valence-corrected chi connectivity index (χ3v) is 6.05. The molecule has 0 spiro atoms. The van der Waals surface area contributed by atoms with Gasteiger partial charge in [-0.2, -0.15) is 0 Å². The Hall–Kier alpha value is 0.140. The lowest BCUT2D eigenvalue weighted by molar-refractivity contribution is -0.763. The van der Waals surface area contributed by atoms with Crippen LogP contribution in [-0.4, -0.2) is 21.2 Å². The van der Waals surface area contributed by atoms with E-state index in [4.69, 9.17) is 12.2 Å². The van der Waals surface area contributed by atoms with Crippen molar-refractivity contribution in [3.8, 4) is 0 Å². The summed E-state index contributed by atoms with van der Waals surface area (Å²) in [5.41, 5.74) is 2.96. The summed E-state index contributed by atoms with van der Waals surface area (Å²) in [7, 11) is 2.38. The second-order valence-corrected chi connectivity index (χ2v) is 7.10. The van der Waals surface area contributed by atoms with Crippen LogP contribution in [0.4, 0.5) is 0 Å². The number of hydrogen-bond acceptors (Lipinski definition) is 2. The molecule has 0 aromatic heterocycles. The summed E-state index contributed by atoms with van der Waals surface area (Å²) in [6, 6.07) is 0.795. The zero-order chi connectivity index (χ0) is 11.8. The third-order valence-electron chi connectivity index (χ3n) is 4.15. The van der Waals surface area contributed by atoms with Crippen LogP contribution in [0.15, 0.2) is 11.3 Å². The van der Waals surface area contributed by atoms with Crippen molar-refractivity contribution in [3.05, 3.63) is 11.3 Å². The first-order chi connectivity index (χ1) is 7.59. The minimum atomic E-state index is 0.795. The maximum absolute atomic E-state index is 5.49. The minimum Gasteiger partial charge on any atom is -0.228 e. The van der Waals surface area contributed by atoms with E-state index in [2.05, 4.69) is 20.9 Å². The first-order valence-electron chi connectivity index (χ1n) is 6.40. The SMILES string of the molecule is CCC1=C(C)C(=S)S[N+]1(C)C1CCCCC1. The Kier molecular flexibility index (Phi) is 3.77. The van der Waals surface area contributed by atoms with Crippen molar-refractivity contribution in [1.82, 2.24) is 0 Å². The standard InChI is InChI=1S/C13H22NS2/c1-4-12-10(2)13(15)16-14(12,3)11-8-6-5-7-9-11/h11H,4-9H2,1-3H3/q+1. The van der Waals surface area contributed by atoms with Crippen molar-refractivity contribution in [2.75, 3.05) is 7.05 Å². The molecule has 0 bridgehead atoms. The Labute approximate surface area is 109 Å². The van der Waals surface area contributed by atoms with Crippen molar-refractivity contribution < 1.29 is 3.89 Å². The number of hydrogen-bond donors (Lipinski definition) is 0. The van der Waals surface area contributed by atoms with Crippen molar-refractivity contribution in [3.63, 3.8) is 0 Å². The van der Waals surface area contributed by atoms with Crippen molar-refractivity contribution in [2.24, 2.45) is 0 Å². The summed E-state index contributed by atoms with van der Waals surface area (Å²) in [4.78, 5) is 0. The van der Waals surface area contributed by atoms with Gasteiger partial charge in [0.2, 0.25) is 0 Å². The van der Waals surface area contributed by atoms with Gasteiger partial charge in [0.15, 0.2) is 0 Å². The molecule has 90 valence electrons. The molecule has 0 radical (unpaired) electrons. The Morgan fingerprint density at radius 3 is 2.50 bits per heavy atom. The molecule has 0 amide bonds. The molecule has 1 aliphatic heterocycles.